The van der Waals surface area contributed by atoms with E-state index in [1.807, 2.05) is 49.4 Å². The number of Topliss-reactive ketones (excluding diaryl/α,β-unsaturated/α-hetero) is 1. The molecule has 2 atom stereocenters. The average molecular weight is 455 g/mol. The summed E-state index contributed by atoms with van der Waals surface area (Å²) in [6.07, 6.45) is 5.02. The van der Waals surface area contributed by atoms with Crippen molar-refractivity contribution < 1.29 is 19.4 Å². The molecule has 1 fully saturated rings. The normalized spacial score (nSPS) is 20.9. The summed E-state index contributed by atoms with van der Waals surface area (Å²) in [5, 5.41) is 11.3. The van der Waals surface area contributed by atoms with Gasteiger partial charge < -0.3 is 14.7 Å². The maximum absolute atomic E-state index is 13.3. The molecule has 0 spiro atoms. The summed E-state index contributed by atoms with van der Waals surface area (Å²) in [7, 11) is 0. The fourth-order valence-electron chi connectivity index (χ4n) is 4.74. The number of carbonyl (C=O) groups excluding carboxylic acids is 2. The van der Waals surface area contributed by atoms with E-state index in [0.29, 0.717) is 5.56 Å². The molecule has 0 saturated carbocycles. The maximum atomic E-state index is 13.3. The van der Waals surface area contributed by atoms with Gasteiger partial charge in [0.05, 0.1) is 11.6 Å². The summed E-state index contributed by atoms with van der Waals surface area (Å²) in [5.74, 6) is -0.698. The minimum Gasteiger partial charge on any atom is -0.507 e. The molecule has 3 aromatic rings. The highest BCUT2D eigenvalue weighted by Gasteiger charge is 2.46. The van der Waals surface area contributed by atoms with Crippen LogP contribution in [-0.4, -0.2) is 32.8 Å². The molecule has 6 nitrogen and oxygen atoms in total. The van der Waals surface area contributed by atoms with Crippen molar-refractivity contribution in [2.24, 2.45) is 0 Å². The number of ketones is 1. The second-order valence-corrected chi connectivity index (χ2v) is 8.84. The van der Waals surface area contributed by atoms with E-state index in [2.05, 4.69) is 11.9 Å². The molecule has 172 valence electrons. The molecule has 1 aromatic heterocycles. The molecule has 1 saturated heterocycles. The molecule has 1 amide bonds. The summed E-state index contributed by atoms with van der Waals surface area (Å²) >= 11 is 0. The Hall–Kier alpha value is -3.93. The van der Waals surface area contributed by atoms with Crippen LogP contribution < -0.4 is 4.74 Å². The Morgan fingerprint density at radius 1 is 1.12 bits per heavy atom. The fraction of sp³-hybridized carbons (Fsp3) is 0.250. The molecule has 2 aliphatic rings. The van der Waals surface area contributed by atoms with Gasteiger partial charge in [-0.25, -0.2) is 0 Å². The zero-order valence-corrected chi connectivity index (χ0v) is 19.2. The number of carbonyl (C=O) groups is 2. The lowest BCUT2D eigenvalue weighted by molar-refractivity contribution is -0.140. The molecule has 3 heterocycles. The third-order valence-corrected chi connectivity index (χ3v) is 6.49. The summed E-state index contributed by atoms with van der Waals surface area (Å²) in [5.41, 5.74) is 4.32. The molecule has 0 radical (unpaired) electrons. The molecule has 5 rings (SSSR count). The number of aryl methyl sites for hydroxylation is 1. The number of aliphatic hydroxyl groups is 1. The summed E-state index contributed by atoms with van der Waals surface area (Å²) in [6, 6.07) is 16.2. The van der Waals surface area contributed by atoms with E-state index in [9.17, 15) is 14.7 Å². The lowest BCUT2D eigenvalue weighted by atomic mass is 9.93. The smallest absolute Gasteiger partial charge is 0.295 e. The SMILES string of the molecule is CCc1ccc(C2C(=C(O)c3ccc4c(c3)CC(C)O4)C(=O)C(=O)N2Cc2cccnc2)cc1. The number of amides is 1. The van der Waals surface area contributed by atoms with Gasteiger partial charge in [-0.1, -0.05) is 37.3 Å². The largest absolute Gasteiger partial charge is 0.507 e. The van der Waals surface area contributed by atoms with Crippen LogP contribution in [0.15, 0.2) is 72.6 Å². The van der Waals surface area contributed by atoms with Crippen molar-refractivity contribution in [3.63, 3.8) is 0 Å². The van der Waals surface area contributed by atoms with Crippen LogP contribution in [0.1, 0.15) is 47.7 Å². The van der Waals surface area contributed by atoms with Crippen molar-refractivity contribution in [2.45, 2.75) is 45.4 Å². The number of fused-ring (bicyclic) bond motifs is 1. The first-order valence-electron chi connectivity index (χ1n) is 11.5. The van der Waals surface area contributed by atoms with Gasteiger partial charge in [-0.3, -0.25) is 14.6 Å². The number of benzene rings is 2. The Morgan fingerprint density at radius 2 is 1.91 bits per heavy atom. The highest BCUT2D eigenvalue weighted by atomic mass is 16.5. The van der Waals surface area contributed by atoms with Crippen molar-refractivity contribution >= 4 is 17.4 Å². The number of hydrogen-bond acceptors (Lipinski definition) is 5. The fourth-order valence-corrected chi connectivity index (χ4v) is 4.74. The van der Waals surface area contributed by atoms with Crippen LogP contribution in [0.3, 0.4) is 0 Å². The van der Waals surface area contributed by atoms with Gasteiger partial charge in [-0.05, 0) is 59.9 Å². The molecule has 2 unspecified atom stereocenters. The van der Waals surface area contributed by atoms with E-state index in [4.69, 9.17) is 4.74 Å². The van der Waals surface area contributed by atoms with E-state index in [1.54, 1.807) is 24.5 Å². The molecule has 2 aliphatic heterocycles. The number of aromatic nitrogens is 1. The third-order valence-electron chi connectivity index (χ3n) is 6.49. The number of aliphatic hydroxyl groups excluding tert-OH is 1. The summed E-state index contributed by atoms with van der Waals surface area (Å²) in [6.45, 7) is 4.27. The van der Waals surface area contributed by atoms with Crippen LogP contribution in [0.2, 0.25) is 0 Å². The van der Waals surface area contributed by atoms with Gasteiger partial charge in [0.2, 0.25) is 0 Å². The first-order valence-corrected chi connectivity index (χ1v) is 11.5. The minimum atomic E-state index is -0.699. The molecule has 1 N–H and O–H groups in total. The molecule has 6 heteroatoms. The molecular weight excluding hydrogens is 428 g/mol. The van der Waals surface area contributed by atoms with Crippen LogP contribution in [0.5, 0.6) is 5.75 Å². The van der Waals surface area contributed by atoms with E-state index in [0.717, 1.165) is 40.8 Å². The van der Waals surface area contributed by atoms with Gasteiger partial charge in [-0.2, -0.15) is 0 Å². The number of pyridine rings is 1. The summed E-state index contributed by atoms with van der Waals surface area (Å²) < 4.78 is 5.77. The van der Waals surface area contributed by atoms with Crippen LogP contribution in [0.25, 0.3) is 5.76 Å². The molecule has 0 bridgehead atoms. The van der Waals surface area contributed by atoms with E-state index >= 15 is 0 Å². The quantitative estimate of drug-likeness (QED) is 0.347. The Morgan fingerprint density at radius 3 is 2.62 bits per heavy atom. The van der Waals surface area contributed by atoms with Crippen LogP contribution in [0, 0.1) is 0 Å². The average Bonchev–Trinajstić information content (AvgIpc) is 3.35. The topological polar surface area (TPSA) is 79.7 Å². The van der Waals surface area contributed by atoms with Gasteiger partial charge in [-0.15, -0.1) is 0 Å². The second kappa shape index (κ2) is 8.78. The predicted octanol–water partition coefficient (Wildman–Crippen LogP) is 4.59. The zero-order valence-electron chi connectivity index (χ0n) is 19.2. The van der Waals surface area contributed by atoms with Gasteiger partial charge in [0.25, 0.3) is 11.7 Å². The van der Waals surface area contributed by atoms with Crippen molar-refractivity contribution in [2.75, 3.05) is 0 Å². The lowest BCUT2D eigenvalue weighted by Gasteiger charge is -2.25. The zero-order chi connectivity index (χ0) is 23.8. The molecule has 34 heavy (non-hydrogen) atoms. The summed E-state index contributed by atoms with van der Waals surface area (Å²) in [4.78, 5) is 32.1. The predicted molar refractivity (Wildman–Crippen MR) is 128 cm³/mol. The third kappa shape index (κ3) is 3.85. The highest BCUT2D eigenvalue weighted by molar-refractivity contribution is 6.46. The molecular formula is C28H26N2O4. The van der Waals surface area contributed by atoms with Crippen molar-refractivity contribution in [3.05, 3.63) is 100 Å². The Labute approximate surface area is 198 Å². The van der Waals surface area contributed by atoms with Crippen molar-refractivity contribution in [1.29, 1.82) is 0 Å². The standard InChI is InChI=1S/C28H26N2O4/c1-3-18-6-8-20(9-7-18)25-24(26(31)21-10-11-23-22(14-21)13-17(2)34-23)27(32)28(33)30(25)16-19-5-4-12-29-15-19/h4-12,14-15,17,25,31H,3,13,16H2,1-2H3. The lowest BCUT2D eigenvalue weighted by Crippen LogP contribution is -2.29. The Bertz CT molecular complexity index is 1280. The number of nitrogens with zero attached hydrogens (tertiary/aromatic N) is 2. The van der Waals surface area contributed by atoms with Crippen molar-refractivity contribution in [1.82, 2.24) is 9.88 Å². The Kier molecular flexibility index (Phi) is 5.65. The van der Waals surface area contributed by atoms with Gasteiger partial charge in [0, 0.05) is 30.9 Å². The van der Waals surface area contributed by atoms with Gasteiger partial charge >= 0.3 is 0 Å². The first kappa shape index (κ1) is 21.9. The van der Waals surface area contributed by atoms with Gasteiger partial charge in [0.1, 0.15) is 17.6 Å². The van der Waals surface area contributed by atoms with Crippen LogP contribution >= 0.6 is 0 Å². The number of likely N-dealkylation sites (tertiary alicyclic amines) is 1. The first-order chi connectivity index (χ1) is 16.5. The van der Waals surface area contributed by atoms with E-state index < -0.39 is 17.7 Å². The minimum absolute atomic E-state index is 0.0644. The monoisotopic (exact) mass is 454 g/mol. The highest BCUT2D eigenvalue weighted by Crippen LogP contribution is 2.41. The molecule has 2 aromatic carbocycles. The Balaban J connectivity index is 1.62. The second-order valence-electron chi connectivity index (χ2n) is 8.84. The van der Waals surface area contributed by atoms with Crippen LogP contribution in [-0.2, 0) is 29.0 Å². The maximum Gasteiger partial charge on any atom is 0.295 e. The molecule has 0 aliphatic carbocycles. The van der Waals surface area contributed by atoms with E-state index in [-0.39, 0.29) is 24.0 Å². The van der Waals surface area contributed by atoms with Gasteiger partial charge in [0.15, 0.2) is 0 Å². The van der Waals surface area contributed by atoms with E-state index in [1.165, 1.54) is 4.90 Å². The number of rotatable bonds is 5. The number of hydrogen-bond donors (Lipinski definition) is 1. The number of ether oxygens (including phenoxy) is 1. The van der Waals surface area contributed by atoms with Crippen molar-refractivity contribution in [3.8, 4) is 5.75 Å². The van der Waals surface area contributed by atoms with Crippen LogP contribution in [0.4, 0.5) is 0 Å².